The Morgan fingerprint density at radius 3 is 2.34 bits per heavy atom. The zero-order valence-corrected chi connectivity index (χ0v) is 17.7. The fraction of sp³-hybridized carbons (Fsp3) is 0.429. The lowest BCUT2D eigenvalue weighted by Crippen LogP contribution is -2.49. The van der Waals surface area contributed by atoms with Gasteiger partial charge in [0.1, 0.15) is 5.69 Å². The lowest BCUT2D eigenvalue weighted by Gasteiger charge is -2.29. The van der Waals surface area contributed by atoms with Crippen molar-refractivity contribution in [2.24, 2.45) is 0 Å². The number of nitrogens with one attached hydrogen (secondary N) is 2. The highest BCUT2D eigenvalue weighted by molar-refractivity contribution is 6.06. The van der Waals surface area contributed by atoms with Crippen molar-refractivity contribution in [2.75, 3.05) is 7.11 Å². The maximum atomic E-state index is 13.3. The van der Waals surface area contributed by atoms with E-state index >= 15 is 0 Å². The molecule has 2 N–H and O–H groups in total. The van der Waals surface area contributed by atoms with Crippen LogP contribution in [0.1, 0.15) is 58.4 Å². The minimum Gasteiger partial charge on any atom is -0.464 e. The number of carbonyl (C=O) groups excluding carboxylic acids is 3. The molecular weight excluding hydrogens is 372 g/mol. The molecule has 8 nitrogen and oxygen atoms in total. The molecule has 0 aliphatic rings. The van der Waals surface area contributed by atoms with Crippen LogP contribution in [0.25, 0.3) is 0 Å². The maximum absolute atomic E-state index is 13.3. The number of nitrogens with zero attached hydrogens (tertiary/aromatic N) is 2. The van der Waals surface area contributed by atoms with Gasteiger partial charge in [-0.25, -0.2) is 9.59 Å². The number of methoxy groups -OCH3 is 1. The fourth-order valence-corrected chi connectivity index (χ4v) is 3.18. The van der Waals surface area contributed by atoms with Gasteiger partial charge >= 0.3 is 12.0 Å². The Hall–Kier alpha value is -3.16. The largest absolute Gasteiger partial charge is 0.464 e. The molecular formula is C21H28N4O4. The first kappa shape index (κ1) is 22.1. The van der Waals surface area contributed by atoms with Crippen molar-refractivity contribution >= 4 is 17.8 Å². The minimum absolute atomic E-state index is 0.0774. The minimum atomic E-state index is -0.749. The standard InChI is InChI=1S/C21H28N4O4/c1-12(2)23-21(28)25(11-16-7-9-22-10-8-16)15(5)19(26)17-13(3)18(20(27)29-6)24-14(17)4/h7-10,12,15,24H,11H2,1-6H3,(H,23,28). The van der Waals surface area contributed by atoms with E-state index in [2.05, 4.69) is 15.3 Å². The Kier molecular flexibility index (Phi) is 7.14. The number of hydrogen-bond acceptors (Lipinski definition) is 5. The molecule has 2 heterocycles. The van der Waals surface area contributed by atoms with Crippen LogP contribution < -0.4 is 5.32 Å². The van der Waals surface area contributed by atoms with E-state index < -0.39 is 12.0 Å². The molecule has 0 aliphatic carbocycles. The summed E-state index contributed by atoms with van der Waals surface area (Å²) in [5.41, 5.74) is 2.58. The SMILES string of the molecule is COC(=O)c1[nH]c(C)c(C(=O)C(C)N(Cc2ccncc2)C(=O)NC(C)C)c1C. The summed E-state index contributed by atoms with van der Waals surface area (Å²) >= 11 is 0. The molecule has 0 radical (unpaired) electrons. The lowest BCUT2D eigenvalue weighted by atomic mass is 9.99. The molecule has 2 aromatic heterocycles. The molecule has 156 valence electrons. The van der Waals surface area contributed by atoms with Crippen molar-refractivity contribution < 1.29 is 19.1 Å². The number of esters is 1. The van der Waals surface area contributed by atoms with E-state index in [1.54, 1.807) is 45.3 Å². The predicted octanol–water partition coefficient (Wildman–Crippen LogP) is 3.00. The summed E-state index contributed by atoms with van der Waals surface area (Å²) in [4.78, 5) is 46.5. The van der Waals surface area contributed by atoms with Gasteiger partial charge in [-0.1, -0.05) is 0 Å². The summed E-state index contributed by atoms with van der Waals surface area (Å²) in [6, 6.07) is 2.44. The summed E-state index contributed by atoms with van der Waals surface area (Å²) < 4.78 is 4.77. The molecule has 0 aliphatic heterocycles. The number of amides is 2. The number of ether oxygens (including phenoxy) is 1. The molecule has 0 spiro atoms. The van der Waals surface area contributed by atoms with Gasteiger partial charge < -0.3 is 19.9 Å². The lowest BCUT2D eigenvalue weighted by molar-refractivity contribution is 0.0593. The Labute approximate surface area is 170 Å². The normalized spacial score (nSPS) is 11.8. The maximum Gasteiger partial charge on any atom is 0.354 e. The summed E-state index contributed by atoms with van der Waals surface area (Å²) in [5.74, 6) is -0.789. The molecule has 0 fully saturated rings. The van der Waals surface area contributed by atoms with E-state index in [1.165, 1.54) is 12.0 Å². The number of hydrogen-bond donors (Lipinski definition) is 2. The van der Waals surface area contributed by atoms with Gasteiger partial charge in [-0.3, -0.25) is 9.78 Å². The quantitative estimate of drug-likeness (QED) is 0.549. The monoisotopic (exact) mass is 400 g/mol. The van der Waals surface area contributed by atoms with Gasteiger partial charge in [0.2, 0.25) is 0 Å². The summed E-state index contributed by atoms with van der Waals surface area (Å²) in [6.07, 6.45) is 3.28. The molecule has 8 heteroatoms. The van der Waals surface area contributed by atoms with Gasteiger partial charge in [0.25, 0.3) is 0 Å². The third-order valence-electron chi connectivity index (χ3n) is 4.70. The zero-order valence-electron chi connectivity index (χ0n) is 17.7. The number of aromatic nitrogens is 2. The van der Waals surface area contributed by atoms with Crippen LogP contribution in [-0.4, -0.2) is 51.8 Å². The van der Waals surface area contributed by atoms with E-state index in [1.807, 2.05) is 13.8 Å². The second-order valence-electron chi connectivity index (χ2n) is 7.24. The summed E-state index contributed by atoms with van der Waals surface area (Å²) in [6.45, 7) is 9.07. The number of H-pyrrole nitrogens is 1. The van der Waals surface area contributed by atoms with Crippen LogP contribution in [0.5, 0.6) is 0 Å². The smallest absolute Gasteiger partial charge is 0.354 e. The van der Waals surface area contributed by atoms with Gasteiger partial charge in [-0.2, -0.15) is 0 Å². The first-order valence-electron chi connectivity index (χ1n) is 9.45. The van der Waals surface area contributed by atoms with E-state index in [9.17, 15) is 14.4 Å². The molecule has 1 atom stereocenters. The Morgan fingerprint density at radius 2 is 1.79 bits per heavy atom. The van der Waals surface area contributed by atoms with E-state index in [4.69, 9.17) is 4.74 Å². The van der Waals surface area contributed by atoms with Gasteiger partial charge in [-0.15, -0.1) is 0 Å². The second-order valence-corrected chi connectivity index (χ2v) is 7.24. The number of urea groups is 1. The van der Waals surface area contributed by atoms with Gasteiger partial charge in [0.05, 0.1) is 13.2 Å². The third kappa shape index (κ3) is 5.01. The number of ketones is 1. The predicted molar refractivity (Wildman–Crippen MR) is 109 cm³/mol. The molecule has 1 unspecified atom stereocenters. The van der Waals surface area contributed by atoms with Crippen LogP contribution in [0.2, 0.25) is 0 Å². The first-order chi connectivity index (χ1) is 13.7. The van der Waals surface area contributed by atoms with Crippen molar-refractivity contribution in [3.63, 3.8) is 0 Å². The van der Waals surface area contributed by atoms with Gasteiger partial charge in [0, 0.05) is 36.2 Å². The Balaban J connectivity index is 2.38. The number of aromatic amines is 1. The van der Waals surface area contributed by atoms with Crippen LogP contribution in [0.3, 0.4) is 0 Å². The van der Waals surface area contributed by atoms with Crippen molar-refractivity contribution in [1.29, 1.82) is 0 Å². The first-order valence-corrected chi connectivity index (χ1v) is 9.45. The van der Waals surface area contributed by atoms with E-state index in [-0.39, 0.29) is 30.1 Å². The highest BCUT2D eigenvalue weighted by Gasteiger charge is 2.31. The molecule has 2 rings (SSSR count). The van der Waals surface area contributed by atoms with Crippen molar-refractivity contribution in [3.05, 3.63) is 52.6 Å². The molecule has 0 bridgehead atoms. The Morgan fingerprint density at radius 1 is 1.17 bits per heavy atom. The number of Topliss-reactive ketones (excluding diaryl/α,β-unsaturated/α-hetero) is 1. The zero-order chi connectivity index (χ0) is 21.7. The van der Waals surface area contributed by atoms with Crippen LogP contribution in [-0.2, 0) is 11.3 Å². The van der Waals surface area contributed by atoms with Crippen LogP contribution >= 0.6 is 0 Å². The average molecular weight is 400 g/mol. The fourth-order valence-electron chi connectivity index (χ4n) is 3.18. The summed E-state index contributed by atoms with van der Waals surface area (Å²) in [7, 11) is 1.29. The molecule has 2 aromatic rings. The second kappa shape index (κ2) is 9.36. The van der Waals surface area contributed by atoms with Crippen molar-refractivity contribution in [1.82, 2.24) is 20.2 Å². The van der Waals surface area contributed by atoms with Crippen LogP contribution in [0.4, 0.5) is 4.79 Å². The van der Waals surface area contributed by atoms with Crippen molar-refractivity contribution in [3.8, 4) is 0 Å². The van der Waals surface area contributed by atoms with Crippen LogP contribution in [0.15, 0.2) is 24.5 Å². The molecule has 0 saturated carbocycles. The molecule has 0 saturated heterocycles. The molecule has 0 aromatic carbocycles. The van der Waals surface area contributed by atoms with E-state index in [0.717, 1.165) is 5.56 Å². The number of rotatable bonds is 7. The average Bonchev–Trinajstić information content (AvgIpc) is 2.98. The van der Waals surface area contributed by atoms with Crippen LogP contribution in [0, 0.1) is 13.8 Å². The van der Waals surface area contributed by atoms with Crippen molar-refractivity contribution in [2.45, 2.75) is 53.2 Å². The third-order valence-corrected chi connectivity index (χ3v) is 4.70. The number of pyridine rings is 1. The van der Waals surface area contributed by atoms with Gasteiger partial charge in [0.15, 0.2) is 5.78 Å². The highest BCUT2D eigenvalue weighted by atomic mass is 16.5. The molecule has 2 amide bonds. The Bertz CT molecular complexity index is 890. The highest BCUT2D eigenvalue weighted by Crippen LogP contribution is 2.22. The van der Waals surface area contributed by atoms with E-state index in [0.29, 0.717) is 16.8 Å². The topological polar surface area (TPSA) is 104 Å². The number of aryl methyl sites for hydroxylation is 1. The van der Waals surface area contributed by atoms with Gasteiger partial charge in [-0.05, 0) is 57.9 Å². The number of carbonyl (C=O) groups is 3. The summed E-state index contributed by atoms with van der Waals surface area (Å²) in [5, 5.41) is 2.85. The molecule has 29 heavy (non-hydrogen) atoms.